The molecule has 4 rings (SSSR count). The first-order valence-corrected chi connectivity index (χ1v) is 10.7. The first-order chi connectivity index (χ1) is 15.1. The maximum absolute atomic E-state index is 12.4. The van der Waals surface area contributed by atoms with E-state index in [1.165, 1.54) is 11.8 Å². The normalized spacial score (nSPS) is 10.9. The van der Waals surface area contributed by atoms with Crippen molar-refractivity contribution in [3.8, 4) is 11.4 Å². The van der Waals surface area contributed by atoms with E-state index in [0.717, 1.165) is 16.9 Å². The van der Waals surface area contributed by atoms with E-state index in [1.807, 2.05) is 61.5 Å². The Hall–Kier alpha value is -3.59. The first kappa shape index (κ1) is 20.7. The average molecular weight is 435 g/mol. The minimum atomic E-state index is -0.113. The molecule has 2 aromatic heterocycles. The van der Waals surface area contributed by atoms with Gasteiger partial charge in [-0.1, -0.05) is 48.2 Å². The zero-order valence-corrected chi connectivity index (χ0v) is 18.0. The van der Waals surface area contributed by atoms with Gasteiger partial charge >= 0.3 is 0 Å². The highest BCUT2D eigenvalue weighted by Gasteiger charge is 2.16. The van der Waals surface area contributed by atoms with E-state index in [-0.39, 0.29) is 17.1 Å². The summed E-state index contributed by atoms with van der Waals surface area (Å²) in [5.74, 6) is 0.723. The second-order valence-corrected chi connectivity index (χ2v) is 7.82. The number of aryl methyl sites for hydroxylation is 1. The van der Waals surface area contributed by atoms with Gasteiger partial charge in [0.25, 0.3) is 0 Å². The molecule has 0 spiro atoms. The second-order valence-electron chi connectivity index (χ2n) is 6.88. The van der Waals surface area contributed by atoms with E-state index < -0.39 is 0 Å². The Balaban J connectivity index is 1.63. The van der Waals surface area contributed by atoms with Crippen LogP contribution in [0.3, 0.4) is 0 Å². The Morgan fingerprint density at radius 3 is 2.81 bits per heavy atom. The predicted octanol–water partition coefficient (Wildman–Crippen LogP) is 2.95. The number of nitrogens with zero attached hydrogens (tertiary/aromatic N) is 3. The molecule has 0 saturated carbocycles. The molecule has 0 fully saturated rings. The molecular formula is C22H22N6O2S. The third kappa shape index (κ3) is 4.46. The number of amides is 1. The van der Waals surface area contributed by atoms with Gasteiger partial charge < -0.3 is 10.1 Å². The number of carbonyl (C=O) groups excluding carboxylic acids is 1. The zero-order chi connectivity index (χ0) is 21.8. The SMILES string of the molecule is COc1cccc(-n2c(SCC(=O)NCc3ccccc3)nc3n[nH]c(C)c3c2=N)c1. The van der Waals surface area contributed by atoms with Crippen molar-refractivity contribution in [1.82, 2.24) is 25.1 Å². The van der Waals surface area contributed by atoms with Crippen molar-refractivity contribution >= 4 is 28.7 Å². The summed E-state index contributed by atoms with van der Waals surface area (Å²) in [4.78, 5) is 17.1. The van der Waals surface area contributed by atoms with Gasteiger partial charge in [0, 0.05) is 18.3 Å². The maximum atomic E-state index is 12.4. The lowest BCUT2D eigenvalue weighted by Crippen LogP contribution is -2.26. The number of thioether (sulfide) groups is 1. The molecule has 0 aliphatic rings. The van der Waals surface area contributed by atoms with Crippen LogP contribution in [0.25, 0.3) is 16.7 Å². The van der Waals surface area contributed by atoms with E-state index in [4.69, 9.17) is 10.1 Å². The molecule has 9 heteroatoms. The second kappa shape index (κ2) is 9.05. The molecule has 31 heavy (non-hydrogen) atoms. The summed E-state index contributed by atoms with van der Waals surface area (Å²) in [5.41, 5.74) is 3.23. The van der Waals surface area contributed by atoms with Crippen LogP contribution in [0.1, 0.15) is 11.3 Å². The Morgan fingerprint density at radius 2 is 2.03 bits per heavy atom. The molecule has 2 aromatic carbocycles. The van der Waals surface area contributed by atoms with Crippen LogP contribution in [0.15, 0.2) is 59.8 Å². The molecule has 158 valence electrons. The van der Waals surface area contributed by atoms with Crippen molar-refractivity contribution < 1.29 is 9.53 Å². The van der Waals surface area contributed by atoms with E-state index in [9.17, 15) is 4.79 Å². The Bertz CT molecular complexity index is 1280. The molecule has 0 aliphatic heterocycles. The van der Waals surface area contributed by atoms with Crippen LogP contribution in [0.2, 0.25) is 0 Å². The molecule has 1 amide bonds. The van der Waals surface area contributed by atoms with E-state index in [2.05, 4.69) is 20.5 Å². The van der Waals surface area contributed by atoms with E-state index in [0.29, 0.717) is 28.5 Å². The Morgan fingerprint density at radius 1 is 1.23 bits per heavy atom. The molecule has 4 aromatic rings. The van der Waals surface area contributed by atoms with Crippen molar-refractivity contribution in [2.45, 2.75) is 18.6 Å². The van der Waals surface area contributed by atoms with Gasteiger partial charge in [0.2, 0.25) is 5.91 Å². The van der Waals surface area contributed by atoms with Gasteiger partial charge in [-0.15, -0.1) is 0 Å². The monoisotopic (exact) mass is 434 g/mol. The quantitative estimate of drug-likeness (QED) is 0.306. The highest BCUT2D eigenvalue weighted by atomic mass is 32.2. The summed E-state index contributed by atoms with van der Waals surface area (Å²) in [5, 5.41) is 19.9. The van der Waals surface area contributed by atoms with Crippen LogP contribution in [-0.4, -0.2) is 38.5 Å². The number of ether oxygens (including phenoxy) is 1. The molecule has 0 aliphatic carbocycles. The van der Waals surface area contributed by atoms with Crippen molar-refractivity contribution in [2.75, 3.05) is 12.9 Å². The number of nitrogens with one attached hydrogen (secondary N) is 3. The van der Waals surface area contributed by atoms with Gasteiger partial charge in [-0.3, -0.25) is 19.9 Å². The van der Waals surface area contributed by atoms with Gasteiger partial charge in [-0.25, -0.2) is 4.98 Å². The van der Waals surface area contributed by atoms with Crippen molar-refractivity contribution in [3.05, 3.63) is 71.3 Å². The van der Waals surface area contributed by atoms with E-state index in [1.54, 1.807) is 11.7 Å². The topological polar surface area (TPSA) is 109 Å². The fourth-order valence-electron chi connectivity index (χ4n) is 3.19. The molecule has 0 radical (unpaired) electrons. The van der Waals surface area contributed by atoms with Crippen LogP contribution >= 0.6 is 11.8 Å². The Labute approximate surface area is 183 Å². The van der Waals surface area contributed by atoms with Crippen molar-refractivity contribution in [3.63, 3.8) is 0 Å². The third-order valence-corrected chi connectivity index (χ3v) is 5.70. The summed E-state index contributed by atoms with van der Waals surface area (Å²) in [6.07, 6.45) is 0. The zero-order valence-electron chi connectivity index (χ0n) is 17.2. The third-order valence-electron chi connectivity index (χ3n) is 4.76. The number of rotatable bonds is 7. The lowest BCUT2D eigenvalue weighted by atomic mass is 10.2. The summed E-state index contributed by atoms with van der Waals surface area (Å²) < 4.78 is 7.05. The molecule has 0 atom stereocenters. The highest BCUT2D eigenvalue weighted by molar-refractivity contribution is 7.99. The maximum Gasteiger partial charge on any atom is 0.230 e. The van der Waals surface area contributed by atoms with Crippen LogP contribution in [0.4, 0.5) is 0 Å². The summed E-state index contributed by atoms with van der Waals surface area (Å²) in [6.45, 7) is 2.32. The average Bonchev–Trinajstić information content (AvgIpc) is 3.17. The standard InChI is InChI=1S/C22H22N6O2S/c1-14-19-20(23)28(16-9-6-10-17(11-16)30-2)22(25-21(19)27-26-14)31-13-18(29)24-12-15-7-4-3-5-8-15/h3-11,23H,12-13H2,1-2H3,(H,24,29)(H,26,27). The van der Waals surface area contributed by atoms with Gasteiger partial charge in [-0.05, 0) is 24.6 Å². The van der Waals surface area contributed by atoms with Crippen molar-refractivity contribution in [1.29, 1.82) is 5.41 Å². The smallest absolute Gasteiger partial charge is 0.230 e. The van der Waals surface area contributed by atoms with Gasteiger partial charge in [0.15, 0.2) is 10.8 Å². The number of aromatic nitrogens is 4. The van der Waals surface area contributed by atoms with Crippen molar-refractivity contribution in [2.24, 2.45) is 0 Å². The number of fused-ring (bicyclic) bond motifs is 1. The molecule has 0 saturated heterocycles. The summed E-state index contributed by atoms with van der Waals surface area (Å²) in [7, 11) is 1.60. The fourth-order valence-corrected chi connectivity index (χ4v) is 4.03. The highest BCUT2D eigenvalue weighted by Crippen LogP contribution is 2.23. The molecule has 3 N–H and O–H groups in total. The molecule has 0 bridgehead atoms. The van der Waals surface area contributed by atoms with Gasteiger partial charge in [-0.2, -0.15) is 5.10 Å². The summed E-state index contributed by atoms with van der Waals surface area (Å²) >= 11 is 1.26. The number of methoxy groups -OCH3 is 1. The number of benzene rings is 2. The van der Waals surface area contributed by atoms with E-state index >= 15 is 0 Å². The molecule has 2 heterocycles. The van der Waals surface area contributed by atoms with Gasteiger partial charge in [0.05, 0.1) is 23.9 Å². The summed E-state index contributed by atoms with van der Waals surface area (Å²) in [6, 6.07) is 17.2. The minimum Gasteiger partial charge on any atom is -0.497 e. The predicted molar refractivity (Wildman–Crippen MR) is 119 cm³/mol. The number of H-pyrrole nitrogens is 1. The van der Waals surface area contributed by atoms with Gasteiger partial charge in [0.1, 0.15) is 11.2 Å². The lowest BCUT2D eigenvalue weighted by molar-refractivity contribution is -0.118. The fraction of sp³-hybridized carbons (Fsp3) is 0.182. The first-order valence-electron chi connectivity index (χ1n) is 9.67. The van der Waals surface area contributed by atoms with Crippen LogP contribution < -0.4 is 15.5 Å². The minimum absolute atomic E-state index is 0.113. The number of carbonyl (C=O) groups is 1. The number of hydrogen-bond donors (Lipinski definition) is 3. The number of aromatic amines is 1. The van der Waals surface area contributed by atoms with Crippen LogP contribution in [0.5, 0.6) is 5.75 Å². The largest absolute Gasteiger partial charge is 0.497 e. The molecular weight excluding hydrogens is 412 g/mol. The molecule has 8 nitrogen and oxygen atoms in total. The lowest BCUT2D eigenvalue weighted by Gasteiger charge is -2.14. The Kier molecular flexibility index (Phi) is 6.03. The van der Waals surface area contributed by atoms with Crippen LogP contribution in [0, 0.1) is 12.3 Å². The molecule has 0 unspecified atom stereocenters. The number of hydrogen-bond acceptors (Lipinski definition) is 6. The van der Waals surface area contributed by atoms with Crippen LogP contribution in [-0.2, 0) is 11.3 Å².